The molecule has 0 saturated heterocycles. The molecule has 0 bridgehead atoms. The molecule has 268 valence electrons. The first-order chi connectivity index (χ1) is 23.4. The van der Waals surface area contributed by atoms with Crippen LogP contribution in [-0.2, 0) is 4.79 Å². The van der Waals surface area contributed by atoms with E-state index in [2.05, 4.69) is 41.3 Å². The van der Waals surface area contributed by atoms with Gasteiger partial charge < -0.3 is 18.9 Å². The van der Waals surface area contributed by atoms with Crippen molar-refractivity contribution in [2.24, 2.45) is 0 Å². The van der Waals surface area contributed by atoms with Crippen LogP contribution >= 0.6 is 31.9 Å². The zero-order chi connectivity index (χ0) is 36.8. The van der Waals surface area contributed by atoms with Gasteiger partial charge in [0.2, 0.25) is 0 Å². The highest BCUT2D eigenvalue weighted by atomic mass is 79.9. The lowest BCUT2D eigenvalue weighted by Crippen LogP contribution is -2.27. The van der Waals surface area contributed by atoms with Crippen LogP contribution in [0.3, 0.4) is 0 Å². The molecule has 0 saturated carbocycles. The Morgan fingerprint density at radius 2 is 0.740 bits per heavy atom. The summed E-state index contributed by atoms with van der Waals surface area (Å²) in [5.74, 6) is -1.81. The van der Waals surface area contributed by atoms with Gasteiger partial charge in [0.15, 0.2) is 5.78 Å². The molecule has 0 amide bonds. The van der Waals surface area contributed by atoms with Gasteiger partial charge in [0.1, 0.15) is 23.0 Å². The summed E-state index contributed by atoms with van der Waals surface area (Å²) < 4.78 is 96.8. The maximum absolute atomic E-state index is 15.0. The monoisotopic (exact) mass is 830 g/mol. The van der Waals surface area contributed by atoms with Gasteiger partial charge in [0.05, 0.1) is 33.7 Å². The molecule has 4 unspecified atom stereocenters. The molecule has 0 heterocycles. The molecular weight excluding hydrogens is 798 g/mol. The zero-order valence-electron chi connectivity index (χ0n) is 27.3. The summed E-state index contributed by atoms with van der Waals surface area (Å²) in [6.07, 6.45) is -9.96. The highest BCUT2D eigenvalue weighted by Gasteiger charge is 2.39. The largest absolute Gasteiger partial charge is 0.573 e. The van der Waals surface area contributed by atoms with Crippen LogP contribution in [0.2, 0.25) is 0 Å². The van der Waals surface area contributed by atoms with Gasteiger partial charge >= 0.3 is 12.7 Å². The van der Waals surface area contributed by atoms with E-state index in [0.717, 1.165) is 0 Å². The predicted octanol–water partition coefficient (Wildman–Crippen LogP) is 11.8. The summed E-state index contributed by atoms with van der Waals surface area (Å²) in [7, 11) is 0. The molecule has 0 aliphatic rings. The third-order valence-electron chi connectivity index (χ3n) is 7.28. The Morgan fingerprint density at radius 1 is 0.480 bits per heavy atom. The summed E-state index contributed by atoms with van der Waals surface area (Å²) in [5.41, 5.74) is 2.17. The molecule has 0 N–H and O–H groups in total. The summed E-state index contributed by atoms with van der Waals surface area (Å²) in [6.45, 7) is 7.50. The van der Waals surface area contributed by atoms with Crippen molar-refractivity contribution in [3.8, 4) is 23.0 Å². The maximum Gasteiger partial charge on any atom is 0.573 e. The lowest BCUT2D eigenvalue weighted by Gasteiger charge is -2.30. The number of carbonyl (C=O) groups excluding carboxylic acids is 1. The smallest absolute Gasteiger partial charge is 0.491 e. The van der Waals surface area contributed by atoms with Crippen LogP contribution in [0.15, 0.2) is 97.1 Å². The molecule has 0 spiro atoms. The van der Waals surface area contributed by atoms with Crippen LogP contribution in [0.1, 0.15) is 71.4 Å². The molecular formula is C37H34Br2F6O5. The quantitative estimate of drug-likeness (QED) is 0.0936. The molecule has 0 aliphatic carbocycles. The molecule has 50 heavy (non-hydrogen) atoms. The van der Waals surface area contributed by atoms with Crippen molar-refractivity contribution in [2.45, 2.75) is 74.1 Å². The van der Waals surface area contributed by atoms with E-state index in [-0.39, 0.29) is 18.0 Å². The van der Waals surface area contributed by atoms with Gasteiger partial charge in [-0.3, -0.25) is 4.79 Å². The minimum absolute atomic E-state index is 0.103. The molecule has 4 aromatic rings. The average molecular weight is 832 g/mol. The first kappa shape index (κ1) is 39.1. The van der Waals surface area contributed by atoms with Crippen LogP contribution in [-0.4, -0.2) is 30.7 Å². The minimum Gasteiger partial charge on any atom is -0.491 e. The predicted molar refractivity (Wildman–Crippen MR) is 184 cm³/mol. The lowest BCUT2D eigenvalue weighted by atomic mass is 9.78. The van der Waals surface area contributed by atoms with Crippen LogP contribution in [0.25, 0.3) is 0 Å². The first-order valence-electron chi connectivity index (χ1n) is 15.5. The van der Waals surface area contributed by atoms with Crippen molar-refractivity contribution in [1.82, 2.24) is 0 Å². The fraction of sp³-hybridized carbons (Fsp3) is 0.324. The molecule has 13 heteroatoms. The lowest BCUT2D eigenvalue weighted by molar-refractivity contribution is -0.275. The second kappa shape index (κ2) is 16.5. The second-order valence-electron chi connectivity index (χ2n) is 11.9. The number of Topliss-reactive ketones (excluding diaryl/α,β-unsaturated/α-hetero) is 1. The topological polar surface area (TPSA) is 54.0 Å². The normalized spacial score (nSPS) is 14.5. The summed E-state index contributed by atoms with van der Waals surface area (Å²) in [5, 5.41) is 0. The summed E-state index contributed by atoms with van der Waals surface area (Å²) in [4.78, 5) is 13.6. The van der Waals surface area contributed by atoms with Crippen LogP contribution in [0, 0.1) is 0 Å². The number of carbonyl (C=O) groups is 1. The van der Waals surface area contributed by atoms with Crippen molar-refractivity contribution in [3.63, 3.8) is 0 Å². The average Bonchev–Trinajstić information content (AvgIpc) is 3.01. The molecule has 5 nitrogen and oxygen atoms in total. The van der Waals surface area contributed by atoms with Gasteiger partial charge in [0.25, 0.3) is 0 Å². The number of rotatable bonds is 14. The molecule has 0 radical (unpaired) electrons. The van der Waals surface area contributed by atoms with Crippen LogP contribution in [0.4, 0.5) is 26.3 Å². The molecule has 0 fully saturated rings. The number of alkyl halides is 8. The van der Waals surface area contributed by atoms with Crippen molar-refractivity contribution in [3.05, 3.63) is 119 Å². The number of benzene rings is 4. The Balaban J connectivity index is 1.81. The van der Waals surface area contributed by atoms with E-state index in [4.69, 9.17) is 9.47 Å². The van der Waals surface area contributed by atoms with E-state index >= 15 is 4.79 Å². The van der Waals surface area contributed by atoms with Crippen molar-refractivity contribution >= 4 is 37.6 Å². The molecule has 0 aromatic heterocycles. The third kappa shape index (κ3) is 11.1. The van der Waals surface area contributed by atoms with Crippen molar-refractivity contribution in [1.29, 1.82) is 0 Å². The molecule has 4 aromatic carbocycles. The summed E-state index contributed by atoms with van der Waals surface area (Å²) in [6, 6.07) is 24.3. The molecule has 4 atom stereocenters. The van der Waals surface area contributed by atoms with Gasteiger partial charge in [-0.15, -0.1) is 26.3 Å². The fourth-order valence-electron chi connectivity index (χ4n) is 5.29. The SMILES string of the molecule is CC(C)Oc1ccc(C(C(=O)C(c2ccc(OC(C)C)cc2)C(Br)c2ccc(OC(F)(F)F)cc2)C(Br)c2ccc(OC(F)(F)F)cc2)cc1. The number of hydrogen-bond acceptors (Lipinski definition) is 5. The van der Waals surface area contributed by atoms with Crippen molar-refractivity contribution in [2.75, 3.05) is 0 Å². The Bertz CT molecular complexity index is 1550. The third-order valence-corrected chi connectivity index (χ3v) is 9.40. The van der Waals surface area contributed by atoms with Crippen LogP contribution in [0.5, 0.6) is 23.0 Å². The van der Waals surface area contributed by atoms with E-state index in [0.29, 0.717) is 33.8 Å². The van der Waals surface area contributed by atoms with Gasteiger partial charge in [-0.25, -0.2) is 0 Å². The van der Waals surface area contributed by atoms with Crippen molar-refractivity contribution < 1.29 is 50.1 Å². The van der Waals surface area contributed by atoms with E-state index in [1.165, 1.54) is 48.5 Å². The Hall–Kier alpha value is -3.71. The Labute approximate surface area is 303 Å². The highest BCUT2D eigenvalue weighted by Crippen LogP contribution is 2.48. The van der Waals surface area contributed by atoms with E-state index in [1.54, 1.807) is 48.5 Å². The van der Waals surface area contributed by atoms with E-state index in [1.807, 2.05) is 27.7 Å². The second-order valence-corrected chi connectivity index (χ2v) is 13.8. The highest BCUT2D eigenvalue weighted by molar-refractivity contribution is 9.09. The summed E-state index contributed by atoms with van der Waals surface area (Å²) >= 11 is 7.37. The first-order valence-corrected chi connectivity index (χ1v) is 17.3. The van der Waals surface area contributed by atoms with Gasteiger partial charge in [-0.1, -0.05) is 80.4 Å². The van der Waals surface area contributed by atoms with Crippen LogP contribution < -0.4 is 18.9 Å². The van der Waals surface area contributed by atoms with E-state index in [9.17, 15) is 26.3 Å². The van der Waals surface area contributed by atoms with E-state index < -0.39 is 45.7 Å². The minimum atomic E-state index is -4.88. The standard InChI is InChI=1S/C37H34Br2F6O5/c1-21(2)47-27-13-5-23(6-14-27)31(33(38)25-9-17-29(18-10-25)49-36(40,41)42)35(46)32(24-7-15-28(16-8-24)48-22(3)4)34(39)26-11-19-30(20-12-26)50-37(43,44)45/h5-22,31-34H,1-4H3. The zero-order valence-corrected chi connectivity index (χ0v) is 30.4. The number of halogens is 8. The maximum atomic E-state index is 15.0. The van der Waals surface area contributed by atoms with Gasteiger partial charge in [-0.2, -0.15) is 0 Å². The van der Waals surface area contributed by atoms with Gasteiger partial charge in [-0.05, 0) is 98.5 Å². The van der Waals surface area contributed by atoms with Gasteiger partial charge in [0, 0.05) is 0 Å². The number of hydrogen-bond donors (Lipinski definition) is 0. The fourth-order valence-corrected chi connectivity index (χ4v) is 7.03. The Kier molecular flexibility index (Phi) is 12.9. The Morgan fingerprint density at radius 3 is 1.00 bits per heavy atom. The number of ether oxygens (including phenoxy) is 4. The molecule has 0 aliphatic heterocycles. The molecule has 4 rings (SSSR count). The number of ketones is 1.